The Morgan fingerprint density at radius 2 is 2.44 bits per heavy atom. The van der Waals surface area contributed by atoms with E-state index in [-0.39, 0.29) is 0 Å². The molecule has 0 amide bonds. The lowest BCUT2D eigenvalue weighted by molar-refractivity contribution is -0.131. The summed E-state index contributed by atoms with van der Waals surface area (Å²) in [5.74, 6) is -0.784. The summed E-state index contributed by atoms with van der Waals surface area (Å²) in [5, 5.41) is 10.4. The summed E-state index contributed by atoms with van der Waals surface area (Å²) >= 11 is 0. The molecule has 0 radical (unpaired) electrons. The van der Waals surface area contributed by atoms with Crippen molar-refractivity contribution in [2.24, 2.45) is 0 Å². The van der Waals surface area contributed by atoms with Crippen molar-refractivity contribution >= 4 is 16.9 Å². The third-order valence-electron chi connectivity index (χ3n) is 1.16. The maximum Gasteiger partial charge on any atom is 0.340 e. The van der Waals surface area contributed by atoms with Crippen LogP contribution in [0.15, 0.2) is 22.5 Å². The van der Waals surface area contributed by atoms with Crippen LogP contribution in [0.3, 0.4) is 0 Å². The molecule has 0 aromatic carbocycles. The van der Waals surface area contributed by atoms with E-state index in [2.05, 4.69) is 0 Å². The lowest BCUT2D eigenvalue weighted by atomic mass is 10.5. The molecule has 1 aliphatic rings. The van der Waals surface area contributed by atoms with Crippen molar-refractivity contribution in [3.63, 3.8) is 0 Å². The van der Waals surface area contributed by atoms with Crippen LogP contribution in [0.1, 0.15) is 0 Å². The third kappa shape index (κ3) is 1.16. The highest BCUT2D eigenvalue weighted by molar-refractivity contribution is 8.23. The molecule has 2 nitrogen and oxygen atoms in total. The van der Waals surface area contributed by atoms with Gasteiger partial charge in [-0.2, -0.15) is 0 Å². The molecule has 1 rings (SSSR count). The van der Waals surface area contributed by atoms with Crippen LogP contribution in [0.2, 0.25) is 0 Å². The van der Waals surface area contributed by atoms with E-state index < -0.39 is 16.9 Å². The first kappa shape index (κ1) is 6.42. The minimum Gasteiger partial charge on any atom is -0.477 e. The lowest BCUT2D eigenvalue weighted by Gasteiger charge is -2.04. The minimum atomic E-state index is -0.784. The number of aliphatic carboxylic acids is 1. The number of allylic oxidation sites excluding steroid dienone is 2. The second kappa shape index (κ2) is 2.27. The van der Waals surface area contributed by atoms with Crippen LogP contribution >= 0.6 is 10.9 Å². The van der Waals surface area contributed by atoms with Gasteiger partial charge < -0.3 is 5.11 Å². The quantitative estimate of drug-likeness (QED) is 0.541. The average Bonchev–Trinajstić information content (AvgIpc) is 2.13. The number of hydrogen-bond acceptors (Lipinski definition) is 1. The van der Waals surface area contributed by atoms with Gasteiger partial charge in [0.15, 0.2) is 0 Å². The van der Waals surface area contributed by atoms with E-state index in [9.17, 15) is 4.79 Å². The molecular weight excluding hydrogens is 136 g/mol. The smallest absolute Gasteiger partial charge is 0.340 e. The molecule has 0 saturated carbocycles. The molecular formula is C6H8O2S. The van der Waals surface area contributed by atoms with Gasteiger partial charge >= 0.3 is 5.97 Å². The molecule has 1 unspecified atom stereocenters. The molecule has 0 aromatic rings. The second-order valence-corrected chi connectivity index (χ2v) is 3.81. The maximum atomic E-state index is 10.3. The summed E-state index contributed by atoms with van der Waals surface area (Å²) in [5.41, 5.74) is 0. The molecule has 1 heterocycles. The van der Waals surface area contributed by atoms with Crippen molar-refractivity contribution in [2.75, 3.05) is 6.26 Å². The SMILES string of the molecule is C[SH]1C=CC=C1C(=O)O. The molecule has 0 saturated heterocycles. The molecule has 0 fully saturated rings. The predicted molar refractivity (Wildman–Crippen MR) is 39.8 cm³/mol. The lowest BCUT2D eigenvalue weighted by Crippen LogP contribution is -1.96. The number of rotatable bonds is 1. The first-order chi connectivity index (χ1) is 4.22. The van der Waals surface area contributed by atoms with Crippen molar-refractivity contribution < 1.29 is 9.90 Å². The van der Waals surface area contributed by atoms with E-state index in [1.165, 1.54) is 0 Å². The Bertz CT molecular complexity index is 193. The van der Waals surface area contributed by atoms with Crippen LogP contribution in [0, 0.1) is 0 Å². The highest BCUT2D eigenvalue weighted by atomic mass is 32.2. The zero-order valence-corrected chi connectivity index (χ0v) is 5.93. The Labute approximate surface area is 56.2 Å². The summed E-state index contributed by atoms with van der Waals surface area (Å²) in [6.07, 6.45) is 5.39. The van der Waals surface area contributed by atoms with Crippen molar-refractivity contribution in [1.29, 1.82) is 0 Å². The van der Waals surface area contributed by atoms with E-state index in [1.54, 1.807) is 12.2 Å². The summed E-state index contributed by atoms with van der Waals surface area (Å²) in [7, 11) is -0.487. The monoisotopic (exact) mass is 144 g/mol. The Morgan fingerprint density at radius 1 is 1.78 bits per heavy atom. The van der Waals surface area contributed by atoms with Gasteiger partial charge in [0.2, 0.25) is 0 Å². The highest BCUT2D eigenvalue weighted by Crippen LogP contribution is 2.36. The van der Waals surface area contributed by atoms with Gasteiger partial charge in [-0.3, -0.25) is 0 Å². The summed E-state index contributed by atoms with van der Waals surface area (Å²) in [4.78, 5) is 10.9. The number of hydrogen-bond donors (Lipinski definition) is 2. The van der Waals surface area contributed by atoms with Crippen LogP contribution < -0.4 is 0 Å². The summed E-state index contributed by atoms with van der Waals surface area (Å²) in [6.45, 7) is 0. The van der Waals surface area contributed by atoms with E-state index in [0.717, 1.165) is 0 Å². The van der Waals surface area contributed by atoms with Crippen LogP contribution in [0.5, 0.6) is 0 Å². The standard InChI is InChI=1S/C6H8O2S/c1-9-4-2-3-5(9)6(7)8/h2-4,9H,1H3,(H,7,8). The maximum absolute atomic E-state index is 10.3. The topological polar surface area (TPSA) is 37.3 Å². The van der Waals surface area contributed by atoms with Crippen LogP contribution in [-0.2, 0) is 4.79 Å². The van der Waals surface area contributed by atoms with Gasteiger partial charge in [-0.1, -0.05) is 6.08 Å². The molecule has 1 aliphatic heterocycles. The molecule has 0 aromatic heterocycles. The zero-order chi connectivity index (χ0) is 6.85. The second-order valence-electron chi connectivity index (χ2n) is 1.81. The van der Waals surface area contributed by atoms with Gasteiger partial charge in [-0.15, -0.1) is 0 Å². The number of thiol groups is 1. The third-order valence-corrected chi connectivity index (χ3v) is 2.88. The Hall–Kier alpha value is -0.700. The van der Waals surface area contributed by atoms with Crippen molar-refractivity contribution in [1.82, 2.24) is 0 Å². The van der Waals surface area contributed by atoms with Gasteiger partial charge in [0, 0.05) is 0 Å². The molecule has 0 bridgehead atoms. The van der Waals surface area contributed by atoms with Gasteiger partial charge in [0.1, 0.15) is 0 Å². The van der Waals surface area contributed by atoms with E-state index in [0.29, 0.717) is 4.91 Å². The number of carbonyl (C=O) groups is 1. The molecule has 0 spiro atoms. The Morgan fingerprint density at radius 3 is 2.67 bits per heavy atom. The molecule has 3 heteroatoms. The molecule has 1 atom stereocenters. The largest absolute Gasteiger partial charge is 0.477 e. The summed E-state index contributed by atoms with van der Waals surface area (Å²) < 4.78 is 0. The van der Waals surface area contributed by atoms with Gasteiger partial charge in [0.25, 0.3) is 0 Å². The predicted octanol–water partition coefficient (Wildman–Crippen LogP) is 1.11. The number of carboxylic acids is 1. The fraction of sp³-hybridized carbons (Fsp3) is 0.167. The van der Waals surface area contributed by atoms with Crippen molar-refractivity contribution in [3.8, 4) is 0 Å². The molecule has 9 heavy (non-hydrogen) atoms. The van der Waals surface area contributed by atoms with E-state index >= 15 is 0 Å². The van der Waals surface area contributed by atoms with Gasteiger partial charge in [-0.25, -0.2) is 15.7 Å². The van der Waals surface area contributed by atoms with Gasteiger partial charge in [0.05, 0.1) is 4.91 Å². The number of carboxylic acid groups (broad SMARTS) is 1. The van der Waals surface area contributed by atoms with Crippen molar-refractivity contribution in [2.45, 2.75) is 0 Å². The molecule has 1 N–H and O–H groups in total. The Balaban J connectivity index is 2.76. The van der Waals surface area contributed by atoms with Crippen molar-refractivity contribution in [3.05, 3.63) is 22.5 Å². The molecule has 50 valence electrons. The summed E-state index contributed by atoms with van der Waals surface area (Å²) in [6, 6.07) is 0. The molecule has 0 aliphatic carbocycles. The normalized spacial score (nSPS) is 28.1. The van der Waals surface area contributed by atoms with E-state index in [4.69, 9.17) is 5.11 Å². The zero-order valence-electron chi connectivity index (χ0n) is 5.03. The minimum absolute atomic E-state index is 0.487. The fourth-order valence-corrected chi connectivity index (χ4v) is 1.81. The first-order valence-electron chi connectivity index (χ1n) is 2.56. The fourth-order valence-electron chi connectivity index (χ4n) is 0.683. The Kier molecular flexibility index (Phi) is 1.62. The van der Waals surface area contributed by atoms with Crippen LogP contribution in [-0.4, -0.2) is 17.3 Å². The van der Waals surface area contributed by atoms with Crippen LogP contribution in [0.4, 0.5) is 0 Å². The van der Waals surface area contributed by atoms with Gasteiger partial charge in [-0.05, 0) is 17.7 Å². The highest BCUT2D eigenvalue weighted by Gasteiger charge is 2.12. The van der Waals surface area contributed by atoms with Crippen LogP contribution in [0.25, 0.3) is 0 Å². The van der Waals surface area contributed by atoms with E-state index in [1.807, 2.05) is 11.7 Å². The first-order valence-corrected chi connectivity index (χ1v) is 4.42. The average molecular weight is 144 g/mol.